The fraction of sp³-hybridized carbons (Fsp3) is 0.350. The highest BCUT2D eigenvalue weighted by Crippen LogP contribution is 2.27. The summed E-state index contributed by atoms with van der Waals surface area (Å²) in [5.41, 5.74) is 2.51. The molecule has 24 heavy (non-hydrogen) atoms. The van der Waals surface area contributed by atoms with Gasteiger partial charge in [0, 0.05) is 4.88 Å². The molecule has 2 rings (SSSR count). The van der Waals surface area contributed by atoms with Crippen LogP contribution in [0.3, 0.4) is 0 Å². The number of hydrogen-bond donors (Lipinski definition) is 2. The van der Waals surface area contributed by atoms with Crippen LogP contribution in [0.4, 0.5) is 0 Å². The average Bonchev–Trinajstić information content (AvgIpc) is 3.14. The lowest BCUT2D eigenvalue weighted by molar-refractivity contribution is -0.120. The summed E-state index contributed by atoms with van der Waals surface area (Å²) in [4.78, 5) is 13.0. The van der Waals surface area contributed by atoms with Gasteiger partial charge in [-0.1, -0.05) is 50.1 Å². The van der Waals surface area contributed by atoms with Crippen molar-refractivity contribution >= 4 is 17.2 Å². The number of rotatable bonds is 8. The predicted octanol–water partition coefficient (Wildman–Crippen LogP) is 3.69. The van der Waals surface area contributed by atoms with Gasteiger partial charge < -0.3 is 5.32 Å². The molecule has 126 valence electrons. The van der Waals surface area contributed by atoms with Crippen LogP contribution >= 0.6 is 11.3 Å². The first-order chi connectivity index (χ1) is 11.7. The molecule has 0 aliphatic heterocycles. The zero-order valence-electron chi connectivity index (χ0n) is 14.2. The SMILES string of the molecule is C#CCNC(=O)CN[C@H](c1ccc([C@@H](C)CC)cc1)c1cccs1. The maximum Gasteiger partial charge on any atom is 0.234 e. The molecule has 0 radical (unpaired) electrons. The second kappa shape index (κ2) is 9.27. The molecule has 0 spiro atoms. The van der Waals surface area contributed by atoms with Crippen LogP contribution in [0.15, 0.2) is 41.8 Å². The van der Waals surface area contributed by atoms with Gasteiger partial charge in [-0.25, -0.2) is 0 Å². The fourth-order valence-electron chi connectivity index (χ4n) is 2.50. The molecule has 4 heteroatoms. The van der Waals surface area contributed by atoms with Gasteiger partial charge in [0.2, 0.25) is 5.91 Å². The Balaban J connectivity index is 2.12. The predicted molar refractivity (Wildman–Crippen MR) is 101 cm³/mol. The zero-order valence-corrected chi connectivity index (χ0v) is 15.0. The largest absolute Gasteiger partial charge is 0.344 e. The van der Waals surface area contributed by atoms with Crippen molar-refractivity contribution < 1.29 is 4.79 Å². The number of amides is 1. The molecular weight excluding hydrogens is 316 g/mol. The Kier molecular flexibility index (Phi) is 7.05. The molecule has 1 aromatic carbocycles. The summed E-state index contributed by atoms with van der Waals surface area (Å²) < 4.78 is 0. The Bertz CT molecular complexity index is 671. The van der Waals surface area contributed by atoms with Gasteiger partial charge in [0.15, 0.2) is 0 Å². The van der Waals surface area contributed by atoms with Crippen LogP contribution in [-0.4, -0.2) is 19.0 Å². The van der Waals surface area contributed by atoms with Crippen LogP contribution < -0.4 is 10.6 Å². The van der Waals surface area contributed by atoms with E-state index >= 15 is 0 Å². The van der Waals surface area contributed by atoms with Gasteiger partial charge >= 0.3 is 0 Å². The molecule has 0 unspecified atom stereocenters. The van der Waals surface area contributed by atoms with Crippen LogP contribution in [-0.2, 0) is 4.79 Å². The third kappa shape index (κ3) is 4.95. The standard InChI is InChI=1S/C20H24N2OS/c1-4-12-21-19(23)14-22-20(18-7-6-13-24-18)17-10-8-16(9-11-17)15(3)5-2/h1,6-11,13,15,20,22H,5,12,14H2,2-3H3,(H,21,23)/t15-,20+/m0/s1. The number of carbonyl (C=O) groups is 1. The normalized spacial score (nSPS) is 13.0. The third-order valence-corrected chi connectivity index (χ3v) is 5.07. The lowest BCUT2D eigenvalue weighted by Gasteiger charge is -2.19. The summed E-state index contributed by atoms with van der Waals surface area (Å²) in [5, 5.41) is 8.07. The van der Waals surface area contributed by atoms with Gasteiger partial charge in [-0.3, -0.25) is 10.1 Å². The molecule has 0 fully saturated rings. The van der Waals surface area contributed by atoms with Gasteiger partial charge in [-0.15, -0.1) is 17.8 Å². The fourth-order valence-corrected chi connectivity index (χ4v) is 3.32. The second-order valence-electron chi connectivity index (χ2n) is 5.79. The van der Waals surface area contributed by atoms with E-state index < -0.39 is 0 Å². The van der Waals surface area contributed by atoms with Crippen LogP contribution in [0.1, 0.15) is 48.2 Å². The molecule has 0 aliphatic rings. The molecule has 3 nitrogen and oxygen atoms in total. The number of nitrogens with one attached hydrogen (secondary N) is 2. The van der Waals surface area contributed by atoms with E-state index in [9.17, 15) is 4.79 Å². The molecule has 1 heterocycles. The van der Waals surface area contributed by atoms with E-state index in [-0.39, 0.29) is 25.0 Å². The maximum atomic E-state index is 11.8. The Morgan fingerprint density at radius 3 is 2.54 bits per heavy atom. The molecule has 0 saturated carbocycles. The molecule has 2 aromatic rings. The second-order valence-corrected chi connectivity index (χ2v) is 6.77. The smallest absolute Gasteiger partial charge is 0.234 e. The van der Waals surface area contributed by atoms with E-state index in [0.29, 0.717) is 5.92 Å². The van der Waals surface area contributed by atoms with E-state index in [1.165, 1.54) is 10.4 Å². The Morgan fingerprint density at radius 2 is 1.96 bits per heavy atom. The van der Waals surface area contributed by atoms with Gasteiger partial charge in [0.05, 0.1) is 19.1 Å². The highest BCUT2D eigenvalue weighted by Gasteiger charge is 2.16. The highest BCUT2D eigenvalue weighted by molar-refractivity contribution is 7.10. The monoisotopic (exact) mass is 340 g/mol. The number of terminal acetylenes is 1. The Morgan fingerprint density at radius 1 is 1.25 bits per heavy atom. The molecule has 2 N–H and O–H groups in total. The first kappa shape index (κ1) is 18.3. The highest BCUT2D eigenvalue weighted by atomic mass is 32.1. The summed E-state index contributed by atoms with van der Waals surface area (Å²) in [6.07, 6.45) is 6.29. The van der Waals surface area contributed by atoms with Gasteiger partial charge in [-0.05, 0) is 34.9 Å². The minimum atomic E-state index is -0.0919. The summed E-state index contributed by atoms with van der Waals surface area (Å²) in [6, 6.07) is 12.8. The quantitative estimate of drug-likeness (QED) is 0.720. The first-order valence-corrected chi connectivity index (χ1v) is 9.10. The Hall–Kier alpha value is -2.09. The van der Waals surface area contributed by atoms with E-state index in [0.717, 1.165) is 12.0 Å². The van der Waals surface area contributed by atoms with Crippen LogP contribution in [0.2, 0.25) is 0 Å². The summed E-state index contributed by atoms with van der Waals surface area (Å²) in [7, 11) is 0. The van der Waals surface area contributed by atoms with Crippen molar-refractivity contribution in [2.75, 3.05) is 13.1 Å². The zero-order chi connectivity index (χ0) is 17.4. The van der Waals surface area contributed by atoms with Crippen LogP contribution in [0, 0.1) is 12.3 Å². The first-order valence-electron chi connectivity index (χ1n) is 8.22. The van der Waals surface area contributed by atoms with Gasteiger partial charge in [-0.2, -0.15) is 0 Å². The average molecular weight is 340 g/mol. The van der Waals surface area contributed by atoms with Crippen LogP contribution in [0.5, 0.6) is 0 Å². The molecular formula is C20H24N2OS. The number of benzene rings is 1. The molecule has 0 bridgehead atoms. The van der Waals surface area contributed by atoms with Gasteiger partial charge in [0.1, 0.15) is 0 Å². The minimum absolute atomic E-state index is 0.00701. The molecule has 0 saturated heterocycles. The Labute approximate surface area is 148 Å². The van der Waals surface area contributed by atoms with Crippen LogP contribution in [0.25, 0.3) is 0 Å². The summed E-state index contributed by atoms with van der Waals surface area (Å²) >= 11 is 1.68. The van der Waals surface area contributed by atoms with E-state index in [1.807, 2.05) is 6.07 Å². The summed E-state index contributed by atoms with van der Waals surface area (Å²) in [6.45, 7) is 4.92. The molecule has 1 amide bonds. The van der Waals surface area contributed by atoms with Crippen molar-refractivity contribution in [3.8, 4) is 12.3 Å². The number of carbonyl (C=O) groups excluding carboxylic acids is 1. The van der Waals surface area contributed by atoms with E-state index in [1.54, 1.807) is 11.3 Å². The molecule has 2 atom stereocenters. The third-order valence-electron chi connectivity index (χ3n) is 4.13. The van der Waals surface area contributed by atoms with Crippen molar-refractivity contribution in [2.24, 2.45) is 0 Å². The van der Waals surface area contributed by atoms with E-state index in [2.05, 4.69) is 66.1 Å². The summed E-state index contributed by atoms with van der Waals surface area (Å²) in [5.74, 6) is 2.88. The molecule has 0 aliphatic carbocycles. The van der Waals surface area contributed by atoms with Crippen molar-refractivity contribution in [3.63, 3.8) is 0 Å². The minimum Gasteiger partial charge on any atom is -0.344 e. The van der Waals surface area contributed by atoms with Crippen molar-refractivity contribution in [1.82, 2.24) is 10.6 Å². The number of thiophene rings is 1. The maximum absolute atomic E-state index is 11.8. The lowest BCUT2D eigenvalue weighted by atomic mass is 9.95. The van der Waals surface area contributed by atoms with Crippen molar-refractivity contribution in [3.05, 3.63) is 57.8 Å². The van der Waals surface area contributed by atoms with E-state index in [4.69, 9.17) is 6.42 Å². The topological polar surface area (TPSA) is 41.1 Å². The number of hydrogen-bond acceptors (Lipinski definition) is 3. The lowest BCUT2D eigenvalue weighted by Crippen LogP contribution is -2.36. The van der Waals surface area contributed by atoms with Gasteiger partial charge in [0.25, 0.3) is 0 Å². The molecule has 1 aromatic heterocycles. The van der Waals surface area contributed by atoms with Crippen molar-refractivity contribution in [1.29, 1.82) is 0 Å². The van der Waals surface area contributed by atoms with Crippen molar-refractivity contribution in [2.45, 2.75) is 32.2 Å².